The fourth-order valence-electron chi connectivity index (χ4n) is 3.67. The van der Waals surface area contributed by atoms with Gasteiger partial charge >= 0.3 is 5.97 Å². The quantitative estimate of drug-likeness (QED) is 0.393. The molecule has 0 bridgehead atoms. The Bertz CT molecular complexity index is 1390. The molecule has 5 aromatic rings. The van der Waals surface area contributed by atoms with Crippen molar-refractivity contribution < 1.29 is 9.53 Å². The van der Waals surface area contributed by atoms with Crippen molar-refractivity contribution in [3.05, 3.63) is 89.3 Å². The Morgan fingerprint density at radius 3 is 2.60 bits per heavy atom. The number of methoxy groups -OCH3 is 1. The summed E-state index contributed by atoms with van der Waals surface area (Å²) in [6.07, 6.45) is 1.98. The van der Waals surface area contributed by atoms with Crippen LogP contribution in [0.5, 0.6) is 0 Å². The molecule has 0 N–H and O–H groups in total. The molecule has 0 radical (unpaired) electrons. The SMILES string of the molecule is COC(=O)c1nn(Cc2c(-c3ccc(Cl)cc3)nc3ccccn23)c2ccccc12. The van der Waals surface area contributed by atoms with E-state index >= 15 is 0 Å². The Morgan fingerprint density at radius 2 is 1.80 bits per heavy atom. The van der Waals surface area contributed by atoms with Crippen LogP contribution in [-0.2, 0) is 11.3 Å². The number of esters is 1. The fraction of sp³-hybridized carbons (Fsp3) is 0.0870. The van der Waals surface area contributed by atoms with E-state index in [0.717, 1.165) is 33.5 Å². The van der Waals surface area contributed by atoms with Crippen LogP contribution < -0.4 is 0 Å². The molecule has 7 heteroatoms. The molecular weight excluding hydrogens is 400 g/mol. The molecule has 0 unspecified atom stereocenters. The first kappa shape index (κ1) is 18.4. The second kappa shape index (κ2) is 7.31. The van der Waals surface area contributed by atoms with E-state index in [1.165, 1.54) is 7.11 Å². The van der Waals surface area contributed by atoms with Crippen molar-refractivity contribution in [2.75, 3.05) is 7.11 Å². The highest BCUT2D eigenvalue weighted by molar-refractivity contribution is 6.30. The van der Waals surface area contributed by atoms with Gasteiger partial charge in [0, 0.05) is 22.2 Å². The maximum Gasteiger partial charge on any atom is 0.359 e. The van der Waals surface area contributed by atoms with Gasteiger partial charge in [-0.05, 0) is 30.3 Å². The third-order valence-electron chi connectivity index (χ3n) is 5.08. The molecular formula is C23H17ClN4O2. The van der Waals surface area contributed by atoms with Crippen LogP contribution in [0.25, 0.3) is 27.8 Å². The molecule has 0 saturated heterocycles. The number of aromatic nitrogens is 4. The summed E-state index contributed by atoms with van der Waals surface area (Å²) in [7, 11) is 1.36. The van der Waals surface area contributed by atoms with Crippen LogP contribution in [0, 0.1) is 0 Å². The fourth-order valence-corrected chi connectivity index (χ4v) is 3.80. The van der Waals surface area contributed by atoms with Crippen molar-refractivity contribution in [3.8, 4) is 11.3 Å². The summed E-state index contributed by atoms with van der Waals surface area (Å²) in [6, 6.07) is 21.1. The number of fused-ring (bicyclic) bond motifs is 2. The number of rotatable bonds is 4. The van der Waals surface area contributed by atoms with E-state index in [1.807, 2.05) is 82.0 Å². The Kier molecular flexibility index (Phi) is 4.48. The first-order chi connectivity index (χ1) is 14.7. The number of hydrogen-bond donors (Lipinski definition) is 0. The number of carbonyl (C=O) groups excluding carboxylic acids is 1. The zero-order valence-corrected chi connectivity index (χ0v) is 16.9. The maximum atomic E-state index is 12.2. The van der Waals surface area contributed by atoms with Crippen LogP contribution in [0.4, 0.5) is 0 Å². The molecule has 0 saturated carbocycles. The van der Waals surface area contributed by atoms with Crippen molar-refractivity contribution in [1.82, 2.24) is 19.2 Å². The molecule has 6 nitrogen and oxygen atoms in total. The monoisotopic (exact) mass is 416 g/mol. The van der Waals surface area contributed by atoms with Crippen LogP contribution in [0.1, 0.15) is 16.2 Å². The topological polar surface area (TPSA) is 61.4 Å². The number of pyridine rings is 1. The Balaban J connectivity index is 1.70. The van der Waals surface area contributed by atoms with Crippen molar-refractivity contribution in [3.63, 3.8) is 0 Å². The molecule has 0 aliphatic carbocycles. The number of ether oxygens (including phenoxy) is 1. The summed E-state index contributed by atoms with van der Waals surface area (Å²) >= 11 is 6.08. The van der Waals surface area contributed by atoms with E-state index in [-0.39, 0.29) is 0 Å². The number of hydrogen-bond acceptors (Lipinski definition) is 4. The number of halogens is 1. The minimum atomic E-state index is -0.457. The molecule has 0 fully saturated rings. The Hall–Kier alpha value is -3.64. The van der Waals surface area contributed by atoms with Crippen molar-refractivity contribution >= 4 is 34.1 Å². The number of para-hydroxylation sites is 1. The maximum absolute atomic E-state index is 12.2. The summed E-state index contributed by atoms with van der Waals surface area (Å²) in [5.74, 6) is -0.457. The van der Waals surface area contributed by atoms with Crippen LogP contribution >= 0.6 is 11.6 Å². The van der Waals surface area contributed by atoms with Gasteiger partial charge in [-0.1, -0.05) is 48.0 Å². The number of imidazole rings is 1. The first-order valence-electron chi connectivity index (χ1n) is 9.41. The molecule has 0 atom stereocenters. The normalized spacial score (nSPS) is 11.3. The van der Waals surface area contributed by atoms with Crippen LogP contribution in [0.3, 0.4) is 0 Å². The lowest BCUT2D eigenvalue weighted by molar-refractivity contribution is 0.0595. The van der Waals surface area contributed by atoms with E-state index in [4.69, 9.17) is 21.3 Å². The standard InChI is InChI=1S/C23H17ClN4O2/c1-30-23(29)22-17-6-2-3-7-18(17)28(26-22)14-19-21(15-9-11-16(24)12-10-15)25-20-8-4-5-13-27(19)20/h2-13H,14H2,1H3. The van der Waals surface area contributed by atoms with Crippen LogP contribution in [-0.4, -0.2) is 32.2 Å². The zero-order chi connectivity index (χ0) is 20.7. The van der Waals surface area contributed by atoms with Crippen LogP contribution in [0.2, 0.25) is 5.02 Å². The lowest BCUT2D eigenvalue weighted by atomic mass is 10.1. The lowest BCUT2D eigenvalue weighted by Gasteiger charge is -2.07. The molecule has 2 aromatic carbocycles. The zero-order valence-electron chi connectivity index (χ0n) is 16.1. The molecule has 3 heterocycles. The smallest absolute Gasteiger partial charge is 0.359 e. The highest BCUT2D eigenvalue weighted by Crippen LogP contribution is 2.28. The molecule has 3 aromatic heterocycles. The van der Waals surface area contributed by atoms with E-state index in [0.29, 0.717) is 17.3 Å². The molecule has 0 aliphatic heterocycles. The van der Waals surface area contributed by atoms with E-state index in [2.05, 4.69) is 5.10 Å². The molecule has 0 spiro atoms. The van der Waals surface area contributed by atoms with Gasteiger partial charge in [-0.2, -0.15) is 5.10 Å². The minimum absolute atomic E-state index is 0.301. The van der Waals surface area contributed by atoms with E-state index < -0.39 is 5.97 Å². The van der Waals surface area contributed by atoms with Gasteiger partial charge in [0.15, 0.2) is 5.69 Å². The second-order valence-corrected chi connectivity index (χ2v) is 7.29. The van der Waals surface area contributed by atoms with Crippen molar-refractivity contribution in [2.24, 2.45) is 0 Å². The largest absolute Gasteiger partial charge is 0.464 e. The molecule has 148 valence electrons. The molecule has 0 aliphatic rings. The molecule has 5 rings (SSSR count). The van der Waals surface area contributed by atoms with Gasteiger partial charge in [0.05, 0.1) is 30.6 Å². The average molecular weight is 417 g/mol. The van der Waals surface area contributed by atoms with Crippen molar-refractivity contribution in [1.29, 1.82) is 0 Å². The van der Waals surface area contributed by atoms with E-state index in [1.54, 1.807) is 0 Å². The highest BCUT2D eigenvalue weighted by atomic mass is 35.5. The first-order valence-corrected chi connectivity index (χ1v) is 9.79. The van der Waals surface area contributed by atoms with Crippen LogP contribution in [0.15, 0.2) is 72.9 Å². The third-order valence-corrected chi connectivity index (χ3v) is 5.33. The number of carbonyl (C=O) groups is 1. The summed E-state index contributed by atoms with van der Waals surface area (Å²) in [5, 5.41) is 6.00. The third kappa shape index (κ3) is 3.02. The van der Waals surface area contributed by atoms with Gasteiger partial charge in [-0.15, -0.1) is 0 Å². The average Bonchev–Trinajstić information content (AvgIpc) is 3.33. The van der Waals surface area contributed by atoms with Crippen molar-refractivity contribution in [2.45, 2.75) is 6.54 Å². The molecule has 0 amide bonds. The molecule has 30 heavy (non-hydrogen) atoms. The highest BCUT2D eigenvalue weighted by Gasteiger charge is 2.20. The lowest BCUT2D eigenvalue weighted by Crippen LogP contribution is -2.08. The van der Waals surface area contributed by atoms with Gasteiger partial charge in [-0.25, -0.2) is 9.78 Å². The number of benzene rings is 2. The Labute approximate surface area is 177 Å². The summed E-state index contributed by atoms with van der Waals surface area (Å²) in [4.78, 5) is 17.1. The second-order valence-electron chi connectivity index (χ2n) is 6.86. The van der Waals surface area contributed by atoms with Gasteiger partial charge in [0.1, 0.15) is 5.65 Å². The minimum Gasteiger partial charge on any atom is -0.464 e. The predicted molar refractivity (Wildman–Crippen MR) is 116 cm³/mol. The van der Waals surface area contributed by atoms with Gasteiger partial charge in [0.2, 0.25) is 0 Å². The summed E-state index contributed by atoms with van der Waals surface area (Å²) < 4.78 is 8.78. The number of nitrogens with zero attached hydrogens (tertiary/aromatic N) is 4. The van der Waals surface area contributed by atoms with Gasteiger partial charge < -0.3 is 9.14 Å². The van der Waals surface area contributed by atoms with Gasteiger partial charge in [-0.3, -0.25) is 4.68 Å². The predicted octanol–water partition coefficient (Wildman–Crippen LogP) is 4.84. The van der Waals surface area contributed by atoms with Gasteiger partial charge in [0.25, 0.3) is 0 Å². The Morgan fingerprint density at radius 1 is 1.03 bits per heavy atom. The summed E-state index contributed by atoms with van der Waals surface area (Å²) in [6.45, 7) is 0.431. The summed E-state index contributed by atoms with van der Waals surface area (Å²) in [5.41, 5.74) is 4.75. The van der Waals surface area contributed by atoms with E-state index in [9.17, 15) is 4.79 Å².